The van der Waals surface area contributed by atoms with Crippen molar-refractivity contribution in [1.82, 2.24) is 4.98 Å². The van der Waals surface area contributed by atoms with Crippen LogP contribution in [0.15, 0.2) is 35.5 Å². The first-order valence-electron chi connectivity index (χ1n) is 10.6. The third-order valence-electron chi connectivity index (χ3n) is 5.63. The predicted octanol–water partition coefficient (Wildman–Crippen LogP) is 4.35. The number of carbonyl (C=O) groups is 1. The zero-order valence-corrected chi connectivity index (χ0v) is 20.6. The van der Waals surface area contributed by atoms with Crippen molar-refractivity contribution < 1.29 is 40.4 Å². The second kappa shape index (κ2) is 9.81. The fourth-order valence-electron chi connectivity index (χ4n) is 3.85. The number of hydrogen-bond donors (Lipinski definition) is 2. The highest BCUT2D eigenvalue weighted by Gasteiger charge is 2.63. The average Bonchev–Trinajstić information content (AvgIpc) is 3.18. The molecule has 1 saturated heterocycles. The molecule has 8 nitrogen and oxygen atoms in total. The summed E-state index contributed by atoms with van der Waals surface area (Å²) in [6, 6.07) is 2.70. The van der Waals surface area contributed by atoms with E-state index in [1.165, 1.54) is 32.2 Å². The Hall–Kier alpha value is -3.00. The van der Waals surface area contributed by atoms with E-state index in [1.54, 1.807) is 0 Å². The highest BCUT2D eigenvalue weighted by molar-refractivity contribution is 7.91. The number of halogens is 5. The molecule has 1 aliphatic heterocycles. The van der Waals surface area contributed by atoms with Crippen LogP contribution >= 0.6 is 0 Å². The Balaban J connectivity index is 2.09. The molecule has 1 aliphatic rings. The minimum atomic E-state index is -4.91. The van der Waals surface area contributed by atoms with Gasteiger partial charge < -0.3 is 19.7 Å². The van der Waals surface area contributed by atoms with Gasteiger partial charge in [-0.2, -0.15) is 17.6 Å². The van der Waals surface area contributed by atoms with Gasteiger partial charge in [0.05, 0.1) is 28.1 Å². The van der Waals surface area contributed by atoms with E-state index in [0.29, 0.717) is 0 Å². The third-order valence-corrected chi connectivity index (χ3v) is 6.65. The van der Waals surface area contributed by atoms with Gasteiger partial charge in [-0.05, 0) is 38.1 Å². The van der Waals surface area contributed by atoms with Crippen LogP contribution in [0.1, 0.15) is 20.3 Å². The van der Waals surface area contributed by atoms with Gasteiger partial charge in [0.15, 0.2) is 17.2 Å². The van der Waals surface area contributed by atoms with Gasteiger partial charge in [0.2, 0.25) is 11.7 Å². The van der Waals surface area contributed by atoms with E-state index in [1.807, 2.05) is 0 Å². The largest absolute Gasteiger partial charge is 0.486 e. The van der Waals surface area contributed by atoms with Crippen LogP contribution in [0.5, 0.6) is 5.75 Å². The highest BCUT2D eigenvalue weighted by atomic mass is 32.2. The number of nitrogens with one attached hydrogen (secondary N) is 2. The van der Waals surface area contributed by atoms with Crippen molar-refractivity contribution in [1.29, 1.82) is 4.78 Å². The second-order valence-electron chi connectivity index (χ2n) is 8.64. The zero-order valence-electron chi connectivity index (χ0n) is 19.8. The van der Waals surface area contributed by atoms with Gasteiger partial charge in [-0.25, -0.2) is 18.4 Å². The van der Waals surface area contributed by atoms with Crippen LogP contribution in [0, 0.1) is 16.4 Å². The summed E-state index contributed by atoms with van der Waals surface area (Å²) in [5.74, 6) is -4.24. The van der Waals surface area contributed by atoms with Crippen molar-refractivity contribution in [2.45, 2.75) is 49.2 Å². The summed E-state index contributed by atoms with van der Waals surface area (Å²) in [7, 11) is -2.39. The molecule has 3 rings (SSSR count). The average molecular weight is 537 g/mol. The van der Waals surface area contributed by atoms with Crippen LogP contribution in [0.4, 0.5) is 33.3 Å². The first-order chi connectivity index (χ1) is 16.6. The van der Waals surface area contributed by atoms with Crippen LogP contribution in [0.3, 0.4) is 0 Å². The molecule has 1 aromatic heterocycles. The fraction of sp³-hybridized carbons (Fsp3) is 0.455. The number of hydrogen-bond acceptors (Lipinski definition) is 7. The highest BCUT2D eigenvalue weighted by Crippen LogP contribution is 2.47. The van der Waals surface area contributed by atoms with Crippen molar-refractivity contribution >= 4 is 27.0 Å². The van der Waals surface area contributed by atoms with Gasteiger partial charge >= 0.3 is 6.18 Å². The first-order valence-corrected chi connectivity index (χ1v) is 12.6. The Bertz CT molecular complexity index is 1260. The summed E-state index contributed by atoms with van der Waals surface area (Å²) in [6.45, 7) is 2.15. The van der Waals surface area contributed by atoms with Gasteiger partial charge in [0.1, 0.15) is 11.1 Å². The number of pyridine rings is 1. The summed E-state index contributed by atoms with van der Waals surface area (Å²) in [6.07, 6.45) is -4.12. The number of amides is 1. The molecule has 1 aromatic carbocycles. The zero-order chi connectivity index (χ0) is 27.1. The molecular formula is C22H25F5N4O4S. The Morgan fingerprint density at radius 3 is 2.53 bits per heavy atom. The van der Waals surface area contributed by atoms with Crippen LogP contribution in [-0.4, -0.2) is 58.9 Å². The fourth-order valence-corrected chi connectivity index (χ4v) is 4.46. The lowest BCUT2D eigenvalue weighted by Gasteiger charge is -2.31. The Labute approximate surface area is 204 Å². The minimum Gasteiger partial charge on any atom is -0.486 e. The molecular weight excluding hydrogens is 511 g/mol. The number of benzene rings is 1. The smallest absolute Gasteiger partial charge is 0.419 e. The van der Waals surface area contributed by atoms with Crippen LogP contribution < -0.4 is 15.0 Å². The van der Waals surface area contributed by atoms with Crippen LogP contribution in [-0.2, 0) is 19.3 Å². The second-order valence-corrected chi connectivity index (χ2v) is 10.7. The van der Waals surface area contributed by atoms with E-state index in [4.69, 9.17) is 14.3 Å². The maximum atomic E-state index is 14.7. The lowest BCUT2D eigenvalue weighted by Crippen LogP contribution is -2.49. The predicted molar refractivity (Wildman–Crippen MR) is 122 cm³/mol. The normalized spacial score (nSPS) is 21.9. The molecule has 0 spiro atoms. The van der Waals surface area contributed by atoms with E-state index in [9.17, 15) is 31.0 Å². The van der Waals surface area contributed by atoms with Crippen LogP contribution in [0.2, 0.25) is 0 Å². The summed E-state index contributed by atoms with van der Waals surface area (Å²) >= 11 is 0. The molecule has 2 aromatic rings. The first kappa shape index (κ1) is 27.6. The van der Waals surface area contributed by atoms with E-state index >= 15 is 0 Å². The number of carbonyl (C=O) groups excluding carboxylic acids is 1. The number of methoxy groups -OCH3 is 1. The molecule has 0 unspecified atom stereocenters. The summed E-state index contributed by atoms with van der Waals surface area (Å²) in [5.41, 5.74) is -3.01. The molecule has 36 heavy (non-hydrogen) atoms. The van der Waals surface area contributed by atoms with Gasteiger partial charge in [-0.1, -0.05) is 0 Å². The lowest BCUT2D eigenvalue weighted by molar-refractivity contribution is -0.261. The Morgan fingerprint density at radius 2 is 1.97 bits per heavy atom. The SMILES string of the molecule is CO[C@@]1(C(F)(F)F)C[C@@H](C(=O)Nc2ccnc([S@](C)(=N)=O)c2)N(c2ccc(F)c(F)c2OC(C)C)C1. The summed E-state index contributed by atoms with van der Waals surface area (Å²) < 4.78 is 101. The van der Waals surface area contributed by atoms with Crippen LogP contribution in [0.25, 0.3) is 0 Å². The molecule has 14 heteroatoms. The molecule has 198 valence electrons. The van der Waals surface area contributed by atoms with Crippen molar-refractivity contribution in [2.24, 2.45) is 0 Å². The molecule has 0 aliphatic carbocycles. The van der Waals surface area contributed by atoms with Gasteiger partial charge in [-0.3, -0.25) is 4.79 Å². The Kier molecular flexibility index (Phi) is 7.51. The summed E-state index contributed by atoms with van der Waals surface area (Å²) in [4.78, 5) is 18.0. The lowest BCUT2D eigenvalue weighted by atomic mass is 9.99. The number of alkyl halides is 3. The van der Waals surface area contributed by atoms with Crippen molar-refractivity contribution in [3.8, 4) is 5.75 Å². The van der Waals surface area contributed by atoms with Crippen molar-refractivity contribution in [3.63, 3.8) is 0 Å². The molecule has 2 N–H and O–H groups in total. The number of nitrogens with zero attached hydrogens (tertiary/aromatic N) is 2. The minimum absolute atomic E-state index is 0.0395. The van der Waals surface area contributed by atoms with Crippen molar-refractivity contribution in [3.05, 3.63) is 42.1 Å². The number of rotatable bonds is 7. The van der Waals surface area contributed by atoms with E-state index < -0.39 is 69.9 Å². The maximum Gasteiger partial charge on any atom is 0.419 e. The van der Waals surface area contributed by atoms with E-state index in [-0.39, 0.29) is 16.4 Å². The van der Waals surface area contributed by atoms with Gasteiger partial charge in [0.25, 0.3) is 0 Å². The van der Waals surface area contributed by atoms with Crippen molar-refractivity contribution in [2.75, 3.05) is 30.1 Å². The number of anilines is 2. The molecule has 3 atom stereocenters. The summed E-state index contributed by atoms with van der Waals surface area (Å²) in [5, 5.41) is 2.29. The monoisotopic (exact) mass is 536 g/mol. The van der Waals surface area contributed by atoms with Gasteiger partial charge in [-0.15, -0.1) is 0 Å². The third kappa shape index (κ3) is 5.38. The topological polar surface area (TPSA) is 105 Å². The number of aromatic nitrogens is 1. The van der Waals surface area contributed by atoms with E-state index in [0.717, 1.165) is 30.4 Å². The standard InChI is InChI=1S/C22H25F5N4O4S/c1-12(2)35-19-15(6-5-14(23)18(19)24)31-11-21(34-3,22(25,26)27)10-16(31)20(32)30-13-7-8-29-17(9-13)36(4,28)33/h5-9,12,16,28H,10-11H2,1-4H3,(H,29,30,32)/t16-,21-,36+/m0/s1. The van der Waals surface area contributed by atoms with Gasteiger partial charge in [0, 0.05) is 31.7 Å². The quantitative estimate of drug-likeness (QED) is 0.510. The number of ether oxygens (including phenoxy) is 2. The molecule has 0 radical (unpaired) electrons. The molecule has 1 amide bonds. The molecule has 1 fully saturated rings. The molecule has 0 saturated carbocycles. The molecule has 2 heterocycles. The van der Waals surface area contributed by atoms with E-state index in [2.05, 4.69) is 10.3 Å². The maximum absolute atomic E-state index is 14.7. The molecule has 0 bridgehead atoms. The Morgan fingerprint density at radius 1 is 1.31 bits per heavy atom.